The molecule has 0 aliphatic carbocycles. The molecular formula is C24H24ClFN2O4S. The summed E-state index contributed by atoms with van der Waals surface area (Å²) >= 11 is 6.06. The zero-order valence-electron chi connectivity index (χ0n) is 18.2. The second-order valence-electron chi connectivity index (χ2n) is 7.43. The molecule has 174 valence electrons. The lowest BCUT2D eigenvalue weighted by molar-refractivity contribution is 0.0947. The van der Waals surface area contributed by atoms with Gasteiger partial charge in [-0.05, 0) is 54.4 Å². The van der Waals surface area contributed by atoms with Crippen molar-refractivity contribution in [2.24, 2.45) is 0 Å². The molecule has 9 heteroatoms. The Labute approximate surface area is 198 Å². The fourth-order valence-corrected chi connectivity index (χ4v) is 4.12. The minimum Gasteiger partial charge on any atom is -0.492 e. The van der Waals surface area contributed by atoms with Gasteiger partial charge in [-0.1, -0.05) is 41.9 Å². The van der Waals surface area contributed by atoms with Gasteiger partial charge < -0.3 is 10.1 Å². The largest absolute Gasteiger partial charge is 0.492 e. The van der Waals surface area contributed by atoms with Crippen LogP contribution in [0.3, 0.4) is 0 Å². The van der Waals surface area contributed by atoms with Crippen molar-refractivity contribution in [3.05, 3.63) is 94.3 Å². The highest BCUT2D eigenvalue weighted by Gasteiger charge is 2.21. The average Bonchev–Trinajstić information content (AvgIpc) is 2.77. The number of carbonyl (C=O) groups is 1. The summed E-state index contributed by atoms with van der Waals surface area (Å²) in [6, 6.07) is 17.5. The zero-order chi connectivity index (χ0) is 24.0. The molecule has 6 nitrogen and oxygen atoms in total. The minimum absolute atomic E-state index is 0.0308. The van der Waals surface area contributed by atoms with E-state index in [1.807, 2.05) is 19.1 Å². The highest BCUT2D eigenvalue weighted by Crippen LogP contribution is 2.24. The van der Waals surface area contributed by atoms with Gasteiger partial charge in [-0.15, -0.1) is 0 Å². The van der Waals surface area contributed by atoms with Gasteiger partial charge in [0, 0.05) is 10.6 Å². The van der Waals surface area contributed by atoms with Crippen LogP contribution >= 0.6 is 11.6 Å². The van der Waals surface area contributed by atoms with E-state index in [1.54, 1.807) is 36.4 Å². The lowest BCUT2D eigenvalue weighted by atomic mass is 10.1. The minimum atomic E-state index is -3.72. The van der Waals surface area contributed by atoms with Crippen LogP contribution in [0.15, 0.2) is 66.7 Å². The van der Waals surface area contributed by atoms with E-state index in [0.717, 1.165) is 16.1 Å². The Morgan fingerprint density at radius 3 is 2.42 bits per heavy atom. The number of para-hydroxylation sites is 1. The second kappa shape index (κ2) is 10.7. The first kappa shape index (κ1) is 24.5. The van der Waals surface area contributed by atoms with E-state index < -0.39 is 15.8 Å². The standard InChI is InChI=1S/C24H24ClFN2O4S/c1-17-7-12-20(15-21(17)25)32-14-13-27-24(29)19-10-8-18(9-11-19)16-28(33(2,30)31)23-6-4-3-5-22(23)26/h3-12,15H,13-14,16H2,1-2H3,(H,27,29). The van der Waals surface area contributed by atoms with Crippen molar-refractivity contribution in [2.75, 3.05) is 23.7 Å². The van der Waals surface area contributed by atoms with E-state index >= 15 is 0 Å². The van der Waals surface area contributed by atoms with Crippen LogP contribution in [0, 0.1) is 12.7 Å². The van der Waals surface area contributed by atoms with Crippen molar-refractivity contribution in [1.82, 2.24) is 5.32 Å². The molecule has 0 unspecified atom stereocenters. The van der Waals surface area contributed by atoms with E-state index in [0.29, 0.717) is 28.4 Å². The normalized spacial score (nSPS) is 11.2. The maximum absolute atomic E-state index is 14.2. The molecule has 0 radical (unpaired) electrons. The quantitative estimate of drug-likeness (QED) is 0.446. The number of hydrogen-bond acceptors (Lipinski definition) is 4. The Bertz CT molecular complexity index is 1230. The molecule has 3 aromatic carbocycles. The monoisotopic (exact) mass is 490 g/mol. The molecule has 0 atom stereocenters. The fraction of sp³-hybridized carbons (Fsp3) is 0.208. The molecule has 0 saturated heterocycles. The third-order valence-corrected chi connectivity index (χ3v) is 6.40. The summed E-state index contributed by atoms with van der Waals surface area (Å²) in [5.74, 6) is -0.301. The number of nitrogens with one attached hydrogen (secondary N) is 1. The number of nitrogens with zero attached hydrogens (tertiary/aromatic N) is 1. The third kappa shape index (κ3) is 6.69. The molecule has 0 aromatic heterocycles. The number of rotatable bonds is 9. The van der Waals surface area contributed by atoms with Gasteiger partial charge in [0.15, 0.2) is 0 Å². The molecule has 0 aliphatic heterocycles. The van der Waals surface area contributed by atoms with Gasteiger partial charge in [0.25, 0.3) is 5.91 Å². The number of carbonyl (C=O) groups excluding carboxylic acids is 1. The molecule has 1 N–H and O–H groups in total. The number of anilines is 1. The van der Waals surface area contributed by atoms with Gasteiger partial charge in [0.2, 0.25) is 10.0 Å². The summed E-state index contributed by atoms with van der Waals surface area (Å²) in [6.45, 7) is 2.40. The number of aryl methyl sites for hydroxylation is 1. The SMILES string of the molecule is Cc1ccc(OCCNC(=O)c2ccc(CN(c3ccccc3F)S(C)(=O)=O)cc2)cc1Cl. The van der Waals surface area contributed by atoms with E-state index in [2.05, 4.69) is 5.32 Å². The van der Waals surface area contributed by atoms with E-state index in [9.17, 15) is 17.6 Å². The highest BCUT2D eigenvalue weighted by atomic mass is 35.5. The van der Waals surface area contributed by atoms with E-state index in [-0.39, 0.29) is 24.7 Å². The van der Waals surface area contributed by atoms with Crippen molar-refractivity contribution < 1.29 is 22.3 Å². The summed E-state index contributed by atoms with van der Waals surface area (Å²) < 4.78 is 45.2. The Kier molecular flexibility index (Phi) is 7.94. The first-order valence-electron chi connectivity index (χ1n) is 10.1. The van der Waals surface area contributed by atoms with Crippen LogP contribution in [-0.4, -0.2) is 33.7 Å². The van der Waals surface area contributed by atoms with Gasteiger partial charge in [-0.2, -0.15) is 0 Å². The predicted molar refractivity (Wildman–Crippen MR) is 128 cm³/mol. The maximum atomic E-state index is 14.2. The number of sulfonamides is 1. The highest BCUT2D eigenvalue weighted by molar-refractivity contribution is 7.92. The Hall–Kier alpha value is -3.10. The summed E-state index contributed by atoms with van der Waals surface area (Å²) in [7, 11) is -3.72. The van der Waals surface area contributed by atoms with Crippen LogP contribution in [0.5, 0.6) is 5.75 Å². The second-order valence-corrected chi connectivity index (χ2v) is 9.75. The van der Waals surface area contributed by atoms with E-state index in [1.165, 1.54) is 18.2 Å². The Morgan fingerprint density at radius 1 is 1.09 bits per heavy atom. The summed E-state index contributed by atoms with van der Waals surface area (Å²) in [4.78, 5) is 12.4. The van der Waals surface area contributed by atoms with Crippen LogP contribution in [0.1, 0.15) is 21.5 Å². The van der Waals surface area contributed by atoms with Gasteiger partial charge in [-0.25, -0.2) is 12.8 Å². The van der Waals surface area contributed by atoms with Crippen LogP contribution in [-0.2, 0) is 16.6 Å². The molecule has 33 heavy (non-hydrogen) atoms. The maximum Gasteiger partial charge on any atom is 0.251 e. The number of ether oxygens (including phenoxy) is 1. The van der Waals surface area contributed by atoms with Gasteiger partial charge in [-0.3, -0.25) is 9.10 Å². The molecule has 0 saturated carbocycles. The predicted octanol–water partition coefficient (Wildman–Crippen LogP) is 4.56. The fourth-order valence-electron chi connectivity index (χ4n) is 3.06. The first-order valence-corrected chi connectivity index (χ1v) is 12.4. The summed E-state index contributed by atoms with van der Waals surface area (Å²) in [6.07, 6.45) is 1.02. The van der Waals surface area contributed by atoms with Crippen LogP contribution in [0.25, 0.3) is 0 Å². The average molecular weight is 491 g/mol. The lowest BCUT2D eigenvalue weighted by Gasteiger charge is -2.23. The number of amides is 1. The molecule has 3 rings (SSSR count). The zero-order valence-corrected chi connectivity index (χ0v) is 19.8. The topological polar surface area (TPSA) is 75.7 Å². The summed E-state index contributed by atoms with van der Waals surface area (Å²) in [5, 5.41) is 3.37. The van der Waals surface area contributed by atoms with Crippen LogP contribution < -0.4 is 14.4 Å². The van der Waals surface area contributed by atoms with Crippen molar-refractivity contribution in [3.8, 4) is 5.75 Å². The van der Waals surface area contributed by atoms with Crippen molar-refractivity contribution >= 4 is 33.2 Å². The number of halogens is 2. The lowest BCUT2D eigenvalue weighted by Crippen LogP contribution is -2.30. The molecule has 0 heterocycles. The summed E-state index contributed by atoms with van der Waals surface area (Å²) in [5.41, 5.74) is 1.94. The van der Waals surface area contributed by atoms with Crippen LogP contribution in [0.2, 0.25) is 5.02 Å². The van der Waals surface area contributed by atoms with Crippen molar-refractivity contribution in [2.45, 2.75) is 13.5 Å². The van der Waals surface area contributed by atoms with Gasteiger partial charge >= 0.3 is 0 Å². The Morgan fingerprint density at radius 2 is 1.79 bits per heavy atom. The van der Waals surface area contributed by atoms with Gasteiger partial charge in [0.1, 0.15) is 18.2 Å². The van der Waals surface area contributed by atoms with Crippen molar-refractivity contribution in [1.29, 1.82) is 0 Å². The van der Waals surface area contributed by atoms with Gasteiger partial charge in [0.05, 0.1) is 25.0 Å². The first-order chi connectivity index (χ1) is 15.6. The smallest absolute Gasteiger partial charge is 0.251 e. The molecule has 0 fully saturated rings. The molecule has 0 bridgehead atoms. The number of benzene rings is 3. The van der Waals surface area contributed by atoms with Crippen LogP contribution in [0.4, 0.5) is 10.1 Å². The van der Waals surface area contributed by atoms with Crippen molar-refractivity contribution in [3.63, 3.8) is 0 Å². The number of hydrogen-bond donors (Lipinski definition) is 1. The molecule has 0 spiro atoms. The third-order valence-electron chi connectivity index (χ3n) is 4.86. The molecule has 1 amide bonds. The molecule has 0 aliphatic rings. The molecular weight excluding hydrogens is 467 g/mol. The van der Waals surface area contributed by atoms with E-state index in [4.69, 9.17) is 16.3 Å². The Balaban J connectivity index is 1.57. The molecule has 3 aromatic rings.